The fourth-order valence-corrected chi connectivity index (χ4v) is 0.739. The van der Waals surface area contributed by atoms with Gasteiger partial charge in [0.2, 0.25) is 0 Å². The zero-order valence-electron chi connectivity index (χ0n) is 8.79. The summed E-state index contributed by atoms with van der Waals surface area (Å²) < 4.78 is 0. The summed E-state index contributed by atoms with van der Waals surface area (Å²) >= 11 is 0. The molecule has 82 valence electrons. The van der Waals surface area contributed by atoms with Crippen molar-refractivity contribution < 1.29 is 10.0 Å². The van der Waals surface area contributed by atoms with Crippen molar-refractivity contribution in [2.24, 2.45) is 10.9 Å². The van der Waals surface area contributed by atoms with Crippen LogP contribution >= 0.6 is 0 Å². The molecule has 0 aliphatic carbocycles. The maximum absolute atomic E-state index is 11.2. The van der Waals surface area contributed by atoms with Gasteiger partial charge in [0.25, 0.3) is 0 Å². The van der Waals surface area contributed by atoms with Crippen LogP contribution in [0.4, 0.5) is 4.79 Å². The molecule has 14 heavy (non-hydrogen) atoms. The third-order valence-electron chi connectivity index (χ3n) is 1.28. The van der Waals surface area contributed by atoms with E-state index in [4.69, 9.17) is 10.9 Å². The monoisotopic (exact) mass is 202 g/mol. The molecular weight excluding hydrogens is 184 g/mol. The first-order valence-corrected chi connectivity index (χ1v) is 4.37. The molecule has 0 aromatic rings. The number of carbonyl (C=O) groups excluding carboxylic acids is 1. The number of nitrogens with two attached hydrogens (primary N) is 1. The van der Waals surface area contributed by atoms with Gasteiger partial charge < -0.3 is 21.6 Å². The van der Waals surface area contributed by atoms with Gasteiger partial charge >= 0.3 is 6.03 Å². The highest BCUT2D eigenvalue weighted by Gasteiger charge is 2.12. The molecule has 0 bridgehead atoms. The Kier molecular flexibility index (Phi) is 4.76. The molecule has 6 nitrogen and oxygen atoms in total. The number of rotatable bonds is 3. The van der Waals surface area contributed by atoms with E-state index in [0.29, 0.717) is 13.0 Å². The molecule has 0 heterocycles. The van der Waals surface area contributed by atoms with Crippen molar-refractivity contribution in [2.75, 3.05) is 6.54 Å². The minimum atomic E-state index is -0.263. The zero-order chi connectivity index (χ0) is 11.2. The smallest absolute Gasteiger partial charge is 0.315 e. The number of nitrogens with zero attached hydrogens (tertiary/aromatic N) is 1. The van der Waals surface area contributed by atoms with Crippen LogP contribution < -0.4 is 16.4 Å². The molecule has 0 saturated carbocycles. The molecule has 0 rings (SSSR count). The van der Waals surface area contributed by atoms with E-state index in [2.05, 4.69) is 15.8 Å². The second kappa shape index (κ2) is 5.31. The standard InChI is InChI=1S/C8H18N4O2/c1-8(2,3)11-7(13)10-5-4-6(9)12-14/h14H,4-5H2,1-3H3,(H2,9,12)(H2,10,11,13). The molecule has 0 radical (unpaired) electrons. The van der Waals surface area contributed by atoms with E-state index in [1.54, 1.807) is 0 Å². The van der Waals surface area contributed by atoms with Gasteiger partial charge in [-0.1, -0.05) is 5.16 Å². The molecule has 0 saturated heterocycles. The van der Waals surface area contributed by atoms with E-state index >= 15 is 0 Å². The Morgan fingerprint density at radius 1 is 1.50 bits per heavy atom. The molecule has 0 aliphatic rings. The Morgan fingerprint density at radius 3 is 2.50 bits per heavy atom. The SMILES string of the molecule is CC(C)(C)NC(=O)NCCC(N)=NO. The summed E-state index contributed by atoms with van der Waals surface area (Å²) in [5.74, 6) is 0.0982. The van der Waals surface area contributed by atoms with Gasteiger partial charge in [0.1, 0.15) is 5.84 Å². The second-order valence-electron chi connectivity index (χ2n) is 3.97. The molecule has 2 amide bonds. The van der Waals surface area contributed by atoms with Crippen molar-refractivity contribution in [3.8, 4) is 0 Å². The molecule has 0 fully saturated rings. The molecule has 0 unspecified atom stereocenters. The highest BCUT2D eigenvalue weighted by atomic mass is 16.4. The average molecular weight is 202 g/mol. The fourth-order valence-electron chi connectivity index (χ4n) is 0.739. The number of oxime groups is 1. The average Bonchev–Trinajstić information content (AvgIpc) is 2.00. The van der Waals surface area contributed by atoms with E-state index in [9.17, 15) is 4.79 Å². The van der Waals surface area contributed by atoms with Crippen LogP contribution in [0.25, 0.3) is 0 Å². The lowest BCUT2D eigenvalue weighted by Gasteiger charge is -2.20. The Morgan fingerprint density at radius 2 is 2.07 bits per heavy atom. The molecule has 0 spiro atoms. The van der Waals surface area contributed by atoms with Gasteiger partial charge in [0.15, 0.2) is 0 Å². The minimum absolute atomic E-state index is 0.0982. The first-order chi connectivity index (χ1) is 6.35. The number of hydrogen-bond donors (Lipinski definition) is 4. The molecular formula is C8H18N4O2. The van der Waals surface area contributed by atoms with Gasteiger partial charge in [0.05, 0.1) is 0 Å². The van der Waals surface area contributed by atoms with Crippen molar-refractivity contribution in [3.63, 3.8) is 0 Å². The lowest BCUT2D eigenvalue weighted by molar-refractivity contribution is 0.232. The van der Waals surface area contributed by atoms with Crippen LogP contribution in [0.1, 0.15) is 27.2 Å². The van der Waals surface area contributed by atoms with Crippen molar-refractivity contribution in [3.05, 3.63) is 0 Å². The largest absolute Gasteiger partial charge is 0.409 e. The van der Waals surface area contributed by atoms with Gasteiger partial charge in [-0.3, -0.25) is 0 Å². The Balaban J connectivity index is 3.66. The first-order valence-electron chi connectivity index (χ1n) is 4.37. The molecule has 6 heteroatoms. The van der Waals surface area contributed by atoms with Crippen LogP contribution in [0.15, 0.2) is 5.16 Å². The third-order valence-corrected chi connectivity index (χ3v) is 1.28. The summed E-state index contributed by atoms with van der Waals surface area (Å²) in [6.45, 7) is 6.00. The van der Waals surface area contributed by atoms with Gasteiger partial charge in [-0.2, -0.15) is 0 Å². The van der Waals surface area contributed by atoms with E-state index in [-0.39, 0.29) is 17.4 Å². The maximum atomic E-state index is 11.2. The number of urea groups is 1. The van der Waals surface area contributed by atoms with Crippen LogP contribution in [-0.2, 0) is 0 Å². The fraction of sp³-hybridized carbons (Fsp3) is 0.750. The van der Waals surface area contributed by atoms with E-state index in [1.807, 2.05) is 20.8 Å². The number of nitrogens with one attached hydrogen (secondary N) is 2. The van der Waals surface area contributed by atoms with Crippen LogP contribution in [0.5, 0.6) is 0 Å². The van der Waals surface area contributed by atoms with Crippen molar-refractivity contribution in [2.45, 2.75) is 32.7 Å². The number of amidine groups is 1. The molecule has 5 N–H and O–H groups in total. The second-order valence-corrected chi connectivity index (χ2v) is 3.97. The highest BCUT2D eigenvalue weighted by molar-refractivity contribution is 5.81. The summed E-state index contributed by atoms with van der Waals surface area (Å²) in [7, 11) is 0. The Bertz CT molecular complexity index is 220. The van der Waals surface area contributed by atoms with E-state index < -0.39 is 0 Å². The number of carbonyl (C=O) groups is 1. The van der Waals surface area contributed by atoms with Gasteiger partial charge in [0, 0.05) is 18.5 Å². The lowest BCUT2D eigenvalue weighted by atomic mass is 10.1. The van der Waals surface area contributed by atoms with E-state index in [1.165, 1.54) is 0 Å². The summed E-state index contributed by atoms with van der Waals surface area (Å²) in [6.07, 6.45) is 0.327. The number of hydrogen-bond acceptors (Lipinski definition) is 3. The summed E-state index contributed by atoms with van der Waals surface area (Å²) in [5, 5.41) is 16.3. The normalized spacial score (nSPS) is 12.4. The van der Waals surface area contributed by atoms with E-state index in [0.717, 1.165) is 0 Å². The minimum Gasteiger partial charge on any atom is -0.409 e. The first kappa shape index (κ1) is 12.5. The van der Waals surface area contributed by atoms with Crippen LogP contribution in [0.2, 0.25) is 0 Å². The van der Waals surface area contributed by atoms with Gasteiger partial charge in [-0.15, -0.1) is 0 Å². The van der Waals surface area contributed by atoms with Crippen molar-refractivity contribution >= 4 is 11.9 Å². The van der Waals surface area contributed by atoms with Crippen molar-refractivity contribution in [1.82, 2.24) is 10.6 Å². The molecule has 0 atom stereocenters. The summed E-state index contributed by atoms with van der Waals surface area (Å²) in [4.78, 5) is 11.2. The Labute approximate surface area is 83.5 Å². The Hall–Kier alpha value is -1.46. The van der Waals surface area contributed by atoms with Gasteiger partial charge in [-0.05, 0) is 20.8 Å². The molecule has 0 aliphatic heterocycles. The lowest BCUT2D eigenvalue weighted by Crippen LogP contribution is -2.46. The predicted octanol–water partition coefficient (Wildman–Crippen LogP) is 0.221. The predicted molar refractivity (Wildman–Crippen MR) is 54.3 cm³/mol. The topological polar surface area (TPSA) is 99.7 Å². The van der Waals surface area contributed by atoms with Crippen LogP contribution in [0.3, 0.4) is 0 Å². The quantitative estimate of drug-likeness (QED) is 0.228. The van der Waals surface area contributed by atoms with Gasteiger partial charge in [-0.25, -0.2) is 4.79 Å². The third kappa shape index (κ3) is 7.20. The number of amides is 2. The molecule has 0 aromatic carbocycles. The zero-order valence-corrected chi connectivity index (χ0v) is 8.79. The van der Waals surface area contributed by atoms with Crippen LogP contribution in [-0.4, -0.2) is 29.2 Å². The maximum Gasteiger partial charge on any atom is 0.315 e. The highest BCUT2D eigenvalue weighted by Crippen LogP contribution is 1.97. The van der Waals surface area contributed by atoms with Crippen molar-refractivity contribution in [1.29, 1.82) is 0 Å². The van der Waals surface area contributed by atoms with Crippen LogP contribution in [0, 0.1) is 0 Å². The molecule has 0 aromatic heterocycles. The summed E-state index contributed by atoms with van der Waals surface area (Å²) in [6, 6.07) is -0.261. The summed E-state index contributed by atoms with van der Waals surface area (Å²) in [5.41, 5.74) is 4.95.